The molecular weight excluding hydrogens is 406 g/mol. The summed E-state index contributed by atoms with van der Waals surface area (Å²) >= 11 is 3.34. The number of hydrogen-bond donors (Lipinski definition) is 0. The van der Waals surface area contributed by atoms with Gasteiger partial charge >= 0.3 is 5.97 Å². The summed E-state index contributed by atoms with van der Waals surface area (Å²) in [5.41, 5.74) is 2.24. The van der Waals surface area contributed by atoms with Crippen molar-refractivity contribution in [2.45, 2.75) is 25.7 Å². The molecule has 134 valence electrons. The van der Waals surface area contributed by atoms with Gasteiger partial charge in [-0.3, -0.25) is 4.31 Å². The van der Waals surface area contributed by atoms with E-state index in [-0.39, 0.29) is 17.0 Å². The molecule has 0 spiro atoms. The summed E-state index contributed by atoms with van der Waals surface area (Å²) in [6.07, 6.45) is 0. The fraction of sp³-hybridized carbons (Fsp3) is 0.278. The molecule has 0 atom stereocenters. The average molecular weight is 426 g/mol. The minimum Gasteiger partial charge on any atom is -0.465 e. The number of aryl methyl sites for hydroxylation is 1. The smallest absolute Gasteiger partial charge is 0.338 e. The van der Waals surface area contributed by atoms with Crippen molar-refractivity contribution in [1.82, 2.24) is 0 Å². The van der Waals surface area contributed by atoms with Crippen LogP contribution in [0.1, 0.15) is 28.4 Å². The number of nitrogens with zero attached hydrogens (tertiary/aromatic N) is 1. The van der Waals surface area contributed by atoms with Gasteiger partial charge in [0.05, 0.1) is 23.3 Å². The second-order valence-corrected chi connectivity index (χ2v) is 8.33. The molecule has 0 aliphatic carbocycles. The molecule has 0 bridgehead atoms. The normalized spacial score (nSPS) is 11.2. The summed E-state index contributed by atoms with van der Waals surface area (Å²) < 4.78 is 33.2. The number of hydrogen-bond acceptors (Lipinski definition) is 4. The lowest BCUT2D eigenvalue weighted by Crippen LogP contribution is -2.31. The summed E-state index contributed by atoms with van der Waals surface area (Å²) in [5.74, 6) is -0.552. The minimum absolute atomic E-state index is 0.0702. The van der Waals surface area contributed by atoms with Crippen LogP contribution in [0, 0.1) is 13.8 Å². The number of carbonyl (C=O) groups excluding carboxylic acids is 1. The monoisotopic (exact) mass is 425 g/mol. The maximum absolute atomic E-state index is 13.1. The predicted molar refractivity (Wildman–Crippen MR) is 102 cm³/mol. The third-order valence-electron chi connectivity index (χ3n) is 4.04. The number of anilines is 1. The Hall–Kier alpha value is -1.86. The number of benzene rings is 2. The quantitative estimate of drug-likeness (QED) is 0.677. The van der Waals surface area contributed by atoms with Gasteiger partial charge in [0.15, 0.2) is 0 Å². The lowest BCUT2D eigenvalue weighted by molar-refractivity contribution is 0.0599. The van der Waals surface area contributed by atoms with E-state index in [1.165, 1.54) is 17.5 Å². The van der Waals surface area contributed by atoms with Crippen molar-refractivity contribution in [3.05, 3.63) is 57.6 Å². The molecule has 0 radical (unpaired) electrons. The first-order chi connectivity index (χ1) is 11.7. The molecule has 0 saturated heterocycles. The van der Waals surface area contributed by atoms with E-state index in [2.05, 4.69) is 15.9 Å². The molecule has 2 rings (SSSR count). The Balaban J connectivity index is 2.60. The van der Waals surface area contributed by atoms with Crippen molar-refractivity contribution in [3.63, 3.8) is 0 Å². The number of sulfonamides is 1. The van der Waals surface area contributed by atoms with E-state index in [1.54, 1.807) is 51.1 Å². The Labute approximate surface area is 156 Å². The van der Waals surface area contributed by atoms with Gasteiger partial charge < -0.3 is 4.74 Å². The van der Waals surface area contributed by atoms with Gasteiger partial charge in [-0.1, -0.05) is 15.9 Å². The molecule has 0 heterocycles. The molecule has 0 N–H and O–H groups in total. The Kier molecular flexibility index (Phi) is 5.90. The number of rotatable bonds is 5. The molecule has 2 aromatic rings. The van der Waals surface area contributed by atoms with Gasteiger partial charge in [0.25, 0.3) is 10.0 Å². The molecule has 5 nitrogen and oxygen atoms in total. The third kappa shape index (κ3) is 3.88. The summed E-state index contributed by atoms with van der Waals surface area (Å²) in [6.45, 7) is 5.58. The van der Waals surface area contributed by atoms with E-state index >= 15 is 0 Å². The zero-order chi connectivity index (χ0) is 18.8. The minimum atomic E-state index is -3.81. The number of methoxy groups -OCH3 is 1. The van der Waals surface area contributed by atoms with Crippen LogP contribution < -0.4 is 4.31 Å². The van der Waals surface area contributed by atoms with Crippen molar-refractivity contribution in [1.29, 1.82) is 0 Å². The highest BCUT2D eigenvalue weighted by atomic mass is 79.9. The topological polar surface area (TPSA) is 63.7 Å². The maximum atomic E-state index is 13.1. The Morgan fingerprint density at radius 3 is 2.28 bits per heavy atom. The van der Waals surface area contributed by atoms with Crippen LogP contribution in [0.4, 0.5) is 5.69 Å². The van der Waals surface area contributed by atoms with Crippen molar-refractivity contribution in [2.24, 2.45) is 0 Å². The molecule has 0 aromatic heterocycles. The number of carbonyl (C=O) groups is 1. The van der Waals surface area contributed by atoms with E-state index in [1.807, 2.05) is 0 Å². The van der Waals surface area contributed by atoms with Crippen molar-refractivity contribution in [2.75, 3.05) is 18.0 Å². The molecule has 0 amide bonds. The first-order valence-corrected chi connectivity index (χ1v) is 9.93. The predicted octanol–water partition coefficient (Wildman–Crippen LogP) is 4.07. The molecule has 0 unspecified atom stereocenters. The van der Waals surface area contributed by atoms with Crippen LogP contribution in [0.25, 0.3) is 0 Å². The van der Waals surface area contributed by atoms with Gasteiger partial charge in [-0.05, 0) is 68.3 Å². The summed E-state index contributed by atoms with van der Waals surface area (Å²) in [6, 6.07) is 9.99. The highest BCUT2D eigenvalue weighted by molar-refractivity contribution is 9.10. The second-order valence-electron chi connectivity index (χ2n) is 5.55. The van der Waals surface area contributed by atoms with Crippen LogP contribution in [0.5, 0.6) is 0 Å². The van der Waals surface area contributed by atoms with Gasteiger partial charge in [0.2, 0.25) is 0 Å². The fourth-order valence-electron chi connectivity index (χ4n) is 2.52. The first-order valence-electron chi connectivity index (χ1n) is 7.70. The highest BCUT2D eigenvalue weighted by Crippen LogP contribution is 2.28. The Bertz CT molecular complexity index is 892. The SMILES string of the molecule is CCN(c1ccc(Br)cc1)S(=O)(=O)c1cc(C)c(C)c(C(=O)OC)c1. The van der Waals surface area contributed by atoms with Crippen LogP contribution in [-0.2, 0) is 14.8 Å². The second kappa shape index (κ2) is 7.58. The molecule has 25 heavy (non-hydrogen) atoms. The molecule has 0 fully saturated rings. The molecule has 0 saturated carbocycles. The number of esters is 1. The zero-order valence-corrected chi connectivity index (χ0v) is 16.9. The zero-order valence-electron chi connectivity index (χ0n) is 14.5. The largest absolute Gasteiger partial charge is 0.465 e. The van der Waals surface area contributed by atoms with Crippen LogP contribution in [-0.4, -0.2) is 28.0 Å². The van der Waals surface area contributed by atoms with E-state index in [4.69, 9.17) is 4.74 Å². The van der Waals surface area contributed by atoms with Gasteiger partial charge in [-0.25, -0.2) is 13.2 Å². The maximum Gasteiger partial charge on any atom is 0.338 e. The van der Waals surface area contributed by atoms with Crippen LogP contribution in [0.3, 0.4) is 0 Å². The summed E-state index contributed by atoms with van der Waals surface area (Å²) in [7, 11) is -2.53. The molecule has 0 aliphatic rings. The summed E-state index contributed by atoms with van der Waals surface area (Å²) in [5, 5.41) is 0. The molecule has 7 heteroatoms. The molecule has 2 aromatic carbocycles. The van der Waals surface area contributed by atoms with Crippen molar-refractivity contribution in [3.8, 4) is 0 Å². The van der Waals surface area contributed by atoms with Crippen molar-refractivity contribution < 1.29 is 17.9 Å². The van der Waals surface area contributed by atoms with Crippen LogP contribution >= 0.6 is 15.9 Å². The standard InChI is InChI=1S/C18H20BrNO4S/c1-5-20(15-8-6-14(19)7-9-15)25(22,23)16-10-12(2)13(3)17(11-16)18(21)24-4/h6-11H,5H2,1-4H3. The molecular formula is C18H20BrNO4S. The van der Waals surface area contributed by atoms with Crippen molar-refractivity contribution >= 4 is 37.6 Å². The van der Waals surface area contributed by atoms with Gasteiger partial charge in [0, 0.05) is 11.0 Å². The van der Waals surface area contributed by atoms with Crippen LogP contribution in [0.15, 0.2) is 45.8 Å². The van der Waals surface area contributed by atoms with Gasteiger partial charge in [-0.2, -0.15) is 0 Å². The number of ether oxygens (including phenoxy) is 1. The fourth-order valence-corrected chi connectivity index (χ4v) is 4.37. The lowest BCUT2D eigenvalue weighted by atomic mass is 10.0. The van der Waals surface area contributed by atoms with E-state index < -0.39 is 16.0 Å². The lowest BCUT2D eigenvalue weighted by Gasteiger charge is -2.24. The first kappa shape index (κ1) is 19.5. The van der Waals surface area contributed by atoms with E-state index in [9.17, 15) is 13.2 Å². The van der Waals surface area contributed by atoms with Crippen LogP contribution in [0.2, 0.25) is 0 Å². The summed E-state index contributed by atoms with van der Waals surface area (Å²) in [4.78, 5) is 12.0. The van der Waals surface area contributed by atoms with E-state index in [0.717, 1.165) is 4.47 Å². The third-order valence-corrected chi connectivity index (χ3v) is 6.45. The Morgan fingerprint density at radius 1 is 1.16 bits per heavy atom. The Morgan fingerprint density at radius 2 is 1.76 bits per heavy atom. The van der Waals surface area contributed by atoms with Gasteiger partial charge in [0.1, 0.15) is 0 Å². The molecule has 0 aliphatic heterocycles. The van der Waals surface area contributed by atoms with E-state index in [0.29, 0.717) is 16.8 Å². The highest BCUT2D eigenvalue weighted by Gasteiger charge is 2.26. The number of halogens is 1. The average Bonchev–Trinajstić information content (AvgIpc) is 2.58. The van der Waals surface area contributed by atoms with Gasteiger partial charge in [-0.15, -0.1) is 0 Å².